The number of para-hydroxylation sites is 1. The number of hydrogen-bond donors (Lipinski definition) is 1. The Morgan fingerprint density at radius 3 is 2.13 bits per heavy atom. The number of aliphatic imine (C=N–C) groups is 1. The highest BCUT2D eigenvalue weighted by Gasteiger charge is 2.12. The smallest absolute Gasteiger partial charge is 0.128 e. The van der Waals surface area contributed by atoms with Crippen molar-refractivity contribution in [3.05, 3.63) is 90.0 Å². The zero-order valence-electron chi connectivity index (χ0n) is 12.8. The van der Waals surface area contributed by atoms with Crippen LogP contribution in [0.15, 0.2) is 83.9 Å². The standard InChI is InChI=1S/C20H17NO2/c1-23-17-12-13-18(19(22)14-17)20(15-8-4-2-5-9-15)21-16-10-6-3-7-11-16/h2-14,22H,1H3/b21-20+. The predicted molar refractivity (Wildman–Crippen MR) is 92.8 cm³/mol. The van der Waals surface area contributed by atoms with E-state index in [1.165, 1.54) is 0 Å². The summed E-state index contributed by atoms with van der Waals surface area (Å²) >= 11 is 0. The number of methoxy groups -OCH3 is 1. The van der Waals surface area contributed by atoms with Crippen molar-refractivity contribution in [2.75, 3.05) is 7.11 Å². The van der Waals surface area contributed by atoms with Gasteiger partial charge in [-0.15, -0.1) is 0 Å². The number of hydrogen-bond acceptors (Lipinski definition) is 3. The van der Waals surface area contributed by atoms with E-state index in [1.54, 1.807) is 13.2 Å². The Bertz CT molecular complexity index is 812. The first-order valence-corrected chi connectivity index (χ1v) is 7.34. The number of benzene rings is 3. The molecule has 3 nitrogen and oxygen atoms in total. The Kier molecular flexibility index (Phi) is 4.39. The third-order valence-electron chi connectivity index (χ3n) is 3.50. The van der Waals surface area contributed by atoms with Crippen LogP contribution in [0.25, 0.3) is 0 Å². The molecule has 1 N–H and O–H groups in total. The lowest BCUT2D eigenvalue weighted by Gasteiger charge is -2.11. The Labute approximate surface area is 135 Å². The molecule has 0 radical (unpaired) electrons. The molecule has 0 aliphatic heterocycles. The summed E-state index contributed by atoms with van der Waals surface area (Å²) in [7, 11) is 1.57. The van der Waals surface area contributed by atoms with Gasteiger partial charge in [0.15, 0.2) is 0 Å². The van der Waals surface area contributed by atoms with Gasteiger partial charge in [0.05, 0.1) is 18.5 Å². The molecule has 3 rings (SSSR count). The number of rotatable bonds is 4. The fourth-order valence-electron chi connectivity index (χ4n) is 2.35. The molecule has 3 aromatic carbocycles. The van der Waals surface area contributed by atoms with Gasteiger partial charge < -0.3 is 9.84 Å². The Hall–Kier alpha value is -3.07. The van der Waals surface area contributed by atoms with Crippen molar-refractivity contribution in [2.45, 2.75) is 0 Å². The molecule has 0 aliphatic rings. The van der Waals surface area contributed by atoms with Crippen molar-refractivity contribution in [3.63, 3.8) is 0 Å². The summed E-state index contributed by atoms with van der Waals surface area (Å²) in [4.78, 5) is 4.73. The molecule has 3 heteroatoms. The molecule has 0 saturated carbocycles. The number of nitrogens with zero attached hydrogens (tertiary/aromatic N) is 1. The summed E-state index contributed by atoms with van der Waals surface area (Å²) < 4.78 is 5.15. The van der Waals surface area contributed by atoms with Crippen LogP contribution in [0.3, 0.4) is 0 Å². The molecular formula is C20H17NO2. The summed E-state index contributed by atoms with van der Waals surface area (Å²) in [5, 5.41) is 10.4. The highest BCUT2D eigenvalue weighted by atomic mass is 16.5. The maximum Gasteiger partial charge on any atom is 0.128 e. The number of phenols is 1. The van der Waals surface area contributed by atoms with Gasteiger partial charge in [0, 0.05) is 17.2 Å². The van der Waals surface area contributed by atoms with Gasteiger partial charge in [0.25, 0.3) is 0 Å². The zero-order chi connectivity index (χ0) is 16.1. The van der Waals surface area contributed by atoms with Gasteiger partial charge in [0.2, 0.25) is 0 Å². The minimum Gasteiger partial charge on any atom is -0.507 e. The molecule has 0 heterocycles. The lowest BCUT2D eigenvalue weighted by Crippen LogP contribution is -2.03. The molecule has 0 aromatic heterocycles. The number of aromatic hydroxyl groups is 1. The van der Waals surface area contributed by atoms with Gasteiger partial charge >= 0.3 is 0 Å². The van der Waals surface area contributed by atoms with E-state index in [4.69, 9.17) is 9.73 Å². The molecule has 0 bridgehead atoms. The van der Waals surface area contributed by atoms with Crippen molar-refractivity contribution in [1.82, 2.24) is 0 Å². The minimum absolute atomic E-state index is 0.142. The lowest BCUT2D eigenvalue weighted by molar-refractivity contribution is 0.407. The monoisotopic (exact) mass is 303 g/mol. The van der Waals surface area contributed by atoms with E-state index in [9.17, 15) is 5.11 Å². The maximum atomic E-state index is 10.4. The second-order valence-electron chi connectivity index (χ2n) is 5.05. The van der Waals surface area contributed by atoms with Crippen LogP contribution in [0.2, 0.25) is 0 Å². The number of ether oxygens (including phenoxy) is 1. The average Bonchev–Trinajstić information content (AvgIpc) is 2.61. The van der Waals surface area contributed by atoms with Crippen LogP contribution in [0.5, 0.6) is 11.5 Å². The van der Waals surface area contributed by atoms with E-state index in [2.05, 4.69) is 0 Å². The van der Waals surface area contributed by atoms with Crippen LogP contribution in [0.1, 0.15) is 11.1 Å². The summed E-state index contributed by atoms with van der Waals surface area (Å²) in [5.41, 5.74) is 3.16. The highest BCUT2D eigenvalue weighted by molar-refractivity contribution is 6.15. The topological polar surface area (TPSA) is 41.8 Å². The van der Waals surface area contributed by atoms with Crippen LogP contribution in [0.4, 0.5) is 5.69 Å². The lowest BCUT2D eigenvalue weighted by atomic mass is 10.0. The molecule has 3 aromatic rings. The molecule has 0 saturated heterocycles. The van der Waals surface area contributed by atoms with Crippen LogP contribution in [-0.2, 0) is 0 Å². The third kappa shape index (κ3) is 3.40. The summed E-state index contributed by atoms with van der Waals surface area (Å²) in [5.74, 6) is 0.751. The van der Waals surface area contributed by atoms with E-state index < -0.39 is 0 Å². The molecule has 0 atom stereocenters. The maximum absolute atomic E-state index is 10.4. The van der Waals surface area contributed by atoms with E-state index in [1.807, 2.05) is 72.8 Å². The zero-order valence-corrected chi connectivity index (χ0v) is 12.8. The second-order valence-corrected chi connectivity index (χ2v) is 5.05. The quantitative estimate of drug-likeness (QED) is 0.717. The average molecular weight is 303 g/mol. The van der Waals surface area contributed by atoms with E-state index in [0.717, 1.165) is 17.0 Å². The third-order valence-corrected chi connectivity index (χ3v) is 3.50. The van der Waals surface area contributed by atoms with Gasteiger partial charge in [-0.2, -0.15) is 0 Å². The summed E-state index contributed by atoms with van der Waals surface area (Å²) in [6.45, 7) is 0. The highest BCUT2D eigenvalue weighted by Crippen LogP contribution is 2.27. The second kappa shape index (κ2) is 6.79. The van der Waals surface area contributed by atoms with Gasteiger partial charge in [-0.05, 0) is 24.3 Å². The fourth-order valence-corrected chi connectivity index (χ4v) is 2.35. The van der Waals surface area contributed by atoms with Crippen LogP contribution in [0, 0.1) is 0 Å². The minimum atomic E-state index is 0.142. The van der Waals surface area contributed by atoms with Crippen molar-refractivity contribution >= 4 is 11.4 Å². The van der Waals surface area contributed by atoms with Crippen molar-refractivity contribution in [3.8, 4) is 11.5 Å². The van der Waals surface area contributed by atoms with E-state index in [-0.39, 0.29) is 5.75 Å². The van der Waals surface area contributed by atoms with Gasteiger partial charge in [-0.25, -0.2) is 4.99 Å². The molecule has 0 amide bonds. The van der Waals surface area contributed by atoms with Crippen molar-refractivity contribution < 1.29 is 9.84 Å². The Balaban J connectivity index is 2.15. The van der Waals surface area contributed by atoms with E-state index in [0.29, 0.717) is 11.3 Å². The van der Waals surface area contributed by atoms with Crippen LogP contribution < -0.4 is 4.74 Å². The molecule has 114 valence electrons. The van der Waals surface area contributed by atoms with Crippen LogP contribution in [-0.4, -0.2) is 17.9 Å². The van der Waals surface area contributed by atoms with Crippen LogP contribution >= 0.6 is 0 Å². The largest absolute Gasteiger partial charge is 0.507 e. The molecule has 0 aliphatic carbocycles. The van der Waals surface area contributed by atoms with E-state index >= 15 is 0 Å². The molecular weight excluding hydrogens is 286 g/mol. The van der Waals surface area contributed by atoms with Gasteiger partial charge in [0.1, 0.15) is 11.5 Å². The molecule has 0 unspecified atom stereocenters. The first kappa shape index (κ1) is 14.9. The summed E-state index contributed by atoms with van der Waals surface area (Å²) in [6.07, 6.45) is 0. The SMILES string of the molecule is COc1ccc(/C(=N/c2ccccc2)c2ccccc2)c(O)c1. The van der Waals surface area contributed by atoms with Gasteiger partial charge in [-0.1, -0.05) is 48.5 Å². The Morgan fingerprint density at radius 1 is 0.870 bits per heavy atom. The molecule has 0 spiro atoms. The molecule has 0 fully saturated rings. The number of phenolic OH excluding ortho intramolecular Hbond substituents is 1. The predicted octanol–water partition coefficient (Wildman–Crippen LogP) is 4.57. The fraction of sp³-hybridized carbons (Fsp3) is 0.0500. The normalized spacial score (nSPS) is 11.3. The molecule has 23 heavy (non-hydrogen) atoms. The van der Waals surface area contributed by atoms with Crippen molar-refractivity contribution in [1.29, 1.82) is 0 Å². The first-order chi connectivity index (χ1) is 11.3. The summed E-state index contributed by atoms with van der Waals surface area (Å²) in [6, 6.07) is 24.8. The Morgan fingerprint density at radius 2 is 1.52 bits per heavy atom. The van der Waals surface area contributed by atoms with Gasteiger partial charge in [-0.3, -0.25) is 0 Å². The first-order valence-electron chi connectivity index (χ1n) is 7.34. The van der Waals surface area contributed by atoms with Crippen molar-refractivity contribution in [2.24, 2.45) is 4.99 Å².